The van der Waals surface area contributed by atoms with Crippen LogP contribution >= 0.6 is 0 Å². The lowest BCUT2D eigenvalue weighted by Crippen LogP contribution is -2.30. The van der Waals surface area contributed by atoms with Crippen LogP contribution in [0.3, 0.4) is 0 Å². The number of aliphatic hydroxyl groups excluding tert-OH is 1. The number of nitrogen functional groups attached to an aromatic ring is 1. The minimum absolute atomic E-state index is 0.0366. The van der Waals surface area contributed by atoms with Gasteiger partial charge in [0.25, 0.3) is 0 Å². The van der Waals surface area contributed by atoms with Gasteiger partial charge in [0.05, 0.1) is 10.5 Å². The van der Waals surface area contributed by atoms with E-state index in [-0.39, 0.29) is 35.2 Å². The summed E-state index contributed by atoms with van der Waals surface area (Å²) in [7, 11) is -3.93. The highest BCUT2D eigenvalue weighted by atomic mass is 32.2. The van der Waals surface area contributed by atoms with Crippen molar-refractivity contribution in [2.75, 3.05) is 18.9 Å². The molecule has 0 aliphatic rings. The Kier molecular flexibility index (Phi) is 5.49. The first-order valence-corrected chi connectivity index (χ1v) is 7.49. The maximum Gasteiger partial charge on any atom is 0.337 e. The average Bonchev–Trinajstić information content (AvgIpc) is 2.36. The minimum Gasteiger partial charge on any atom is -0.478 e. The van der Waals surface area contributed by atoms with Gasteiger partial charge in [0.15, 0.2) is 0 Å². The number of sulfonamides is 1. The first kappa shape index (κ1) is 16.4. The molecule has 0 fully saturated rings. The summed E-state index contributed by atoms with van der Waals surface area (Å²) in [6, 6.07) is 3.60. The standard InChI is InChI=1S/C12H18N2O5S/c1-8(4-5-15)7-14-20(18,19)11-3-2-9(13)6-10(11)12(16)17/h2-3,6,8,14-15H,4-5,7,13H2,1H3,(H,16,17). The van der Waals surface area contributed by atoms with Crippen LogP contribution in [0.5, 0.6) is 0 Å². The SMILES string of the molecule is CC(CCO)CNS(=O)(=O)c1ccc(N)cc1C(=O)O. The largest absolute Gasteiger partial charge is 0.478 e. The van der Waals surface area contributed by atoms with Crippen molar-refractivity contribution in [1.29, 1.82) is 0 Å². The molecule has 0 aromatic heterocycles. The molecule has 0 spiro atoms. The number of hydrogen-bond acceptors (Lipinski definition) is 5. The number of nitrogens with one attached hydrogen (secondary N) is 1. The number of hydrogen-bond donors (Lipinski definition) is 4. The second-order valence-electron chi connectivity index (χ2n) is 4.53. The molecule has 0 aliphatic heterocycles. The van der Waals surface area contributed by atoms with E-state index in [9.17, 15) is 13.2 Å². The lowest BCUT2D eigenvalue weighted by molar-refractivity contribution is 0.0692. The summed E-state index contributed by atoms with van der Waals surface area (Å²) in [5.41, 5.74) is 5.27. The third kappa shape index (κ3) is 4.19. The van der Waals surface area contributed by atoms with Crippen molar-refractivity contribution in [3.8, 4) is 0 Å². The van der Waals surface area contributed by atoms with Crippen molar-refractivity contribution in [2.24, 2.45) is 5.92 Å². The predicted octanol–water partition coefficient (Wildman–Crippen LogP) is 0.264. The summed E-state index contributed by atoms with van der Waals surface area (Å²) in [4.78, 5) is 10.8. The Bertz CT molecular complexity index is 586. The average molecular weight is 302 g/mol. The van der Waals surface area contributed by atoms with Crippen LogP contribution in [0.1, 0.15) is 23.7 Å². The molecule has 0 aliphatic carbocycles. The molecule has 0 amide bonds. The summed E-state index contributed by atoms with van der Waals surface area (Å²) in [5.74, 6) is -1.42. The van der Waals surface area contributed by atoms with Gasteiger partial charge in [-0.15, -0.1) is 0 Å². The highest BCUT2D eigenvalue weighted by Gasteiger charge is 2.22. The summed E-state index contributed by atoms with van der Waals surface area (Å²) >= 11 is 0. The van der Waals surface area contributed by atoms with Gasteiger partial charge in [-0.25, -0.2) is 17.9 Å². The van der Waals surface area contributed by atoms with Gasteiger partial charge < -0.3 is 15.9 Å². The third-order valence-corrected chi connectivity index (χ3v) is 4.25. The van der Waals surface area contributed by atoms with Crippen LogP contribution in [0.4, 0.5) is 5.69 Å². The topological polar surface area (TPSA) is 130 Å². The molecule has 1 aromatic carbocycles. The van der Waals surface area contributed by atoms with Crippen LogP contribution in [0.2, 0.25) is 0 Å². The molecule has 1 aromatic rings. The number of aliphatic hydroxyl groups is 1. The molecule has 112 valence electrons. The van der Waals surface area contributed by atoms with Crippen LogP contribution in [0.25, 0.3) is 0 Å². The Hall–Kier alpha value is -1.64. The molecule has 8 heteroatoms. The van der Waals surface area contributed by atoms with Crippen molar-refractivity contribution in [3.05, 3.63) is 23.8 Å². The number of carboxylic acids is 1. The van der Waals surface area contributed by atoms with E-state index in [0.29, 0.717) is 6.42 Å². The van der Waals surface area contributed by atoms with E-state index in [2.05, 4.69) is 4.72 Å². The number of benzene rings is 1. The lowest BCUT2D eigenvalue weighted by Gasteiger charge is -2.13. The molecule has 1 rings (SSSR count). The van der Waals surface area contributed by atoms with Gasteiger partial charge in [-0.05, 0) is 30.5 Å². The van der Waals surface area contributed by atoms with Gasteiger partial charge in [0.2, 0.25) is 10.0 Å². The Morgan fingerprint density at radius 2 is 2.10 bits per heavy atom. The Morgan fingerprint density at radius 3 is 2.65 bits per heavy atom. The van der Waals surface area contributed by atoms with Gasteiger partial charge in [-0.3, -0.25) is 0 Å². The molecule has 1 unspecified atom stereocenters. The number of carbonyl (C=O) groups is 1. The quantitative estimate of drug-likeness (QED) is 0.535. The van der Waals surface area contributed by atoms with Gasteiger partial charge in [0, 0.05) is 18.8 Å². The number of rotatable bonds is 7. The molecule has 7 nitrogen and oxygen atoms in total. The van der Waals surface area contributed by atoms with Gasteiger partial charge in [-0.2, -0.15) is 0 Å². The van der Waals surface area contributed by atoms with Crippen LogP contribution in [-0.4, -0.2) is 37.8 Å². The Labute approximate surface area is 117 Å². The second kappa shape index (κ2) is 6.69. The smallest absolute Gasteiger partial charge is 0.337 e. The molecule has 20 heavy (non-hydrogen) atoms. The molecule has 1 atom stereocenters. The normalized spacial score (nSPS) is 13.1. The summed E-state index contributed by atoms with van der Waals surface area (Å²) in [5, 5.41) is 17.8. The van der Waals surface area contributed by atoms with Gasteiger partial charge >= 0.3 is 5.97 Å². The van der Waals surface area contributed by atoms with Crippen LogP contribution in [0, 0.1) is 5.92 Å². The van der Waals surface area contributed by atoms with E-state index in [1.807, 2.05) is 0 Å². The van der Waals surface area contributed by atoms with E-state index in [1.54, 1.807) is 6.92 Å². The monoisotopic (exact) mass is 302 g/mol. The number of carboxylic acid groups (broad SMARTS) is 1. The Balaban J connectivity index is 3.01. The molecule has 0 heterocycles. The summed E-state index contributed by atoms with van der Waals surface area (Å²) in [6.45, 7) is 1.86. The fraction of sp³-hybridized carbons (Fsp3) is 0.417. The minimum atomic E-state index is -3.93. The highest BCUT2D eigenvalue weighted by Crippen LogP contribution is 2.19. The van der Waals surface area contributed by atoms with Crippen LogP contribution in [-0.2, 0) is 10.0 Å². The van der Waals surface area contributed by atoms with Crippen molar-refractivity contribution >= 4 is 21.7 Å². The van der Waals surface area contributed by atoms with Crippen LogP contribution < -0.4 is 10.5 Å². The number of aromatic carboxylic acids is 1. The zero-order chi connectivity index (χ0) is 15.3. The van der Waals surface area contributed by atoms with E-state index in [0.717, 1.165) is 12.1 Å². The van der Waals surface area contributed by atoms with Crippen molar-refractivity contribution in [2.45, 2.75) is 18.2 Å². The molecule has 0 saturated carbocycles. The highest BCUT2D eigenvalue weighted by molar-refractivity contribution is 7.89. The fourth-order valence-electron chi connectivity index (χ4n) is 1.60. The third-order valence-electron chi connectivity index (χ3n) is 2.77. The molecular weight excluding hydrogens is 284 g/mol. The molecular formula is C12H18N2O5S. The lowest BCUT2D eigenvalue weighted by atomic mass is 10.1. The Morgan fingerprint density at radius 1 is 1.45 bits per heavy atom. The molecule has 5 N–H and O–H groups in total. The second-order valence-corrected chi connectivity index (χ2v) is 6.27. The van der Waals surface area contributed by atoms with E-state index < -0.39 is 16.0 Å². The predicted molar refractivity (Wildman–Crippen MR) is 73.9 cm³/mol. The van der Waals surface area contributed by atoms with Crippen molar-refractivity contribution in [1.82, 2.24) is 4.72 Å². The summed E-state index contributed by atoms with van der Waals surface area (Å²) in [6.07, 6.45) is 0.454. The van der Waals surface area contributed by atoms with Gasteiger partial charge in [0.1, 0.15) is 0 Å². The maximum absolute atomic E-state index is 12.1. The van der Waals surface area contributed by atoms with Gasteiger partial charge in [-0.1, -0.05) is 6.92 Å². The first-order valence-electron chi connectivity index (χ1n) is 6.01. The fourth-order valence-corrected chi connectivity index (χ4v) is 2.94. The molecule has 0 radical (unpaired) electrons. The van der Waals surface area contributed by atoms with E-state index in [4.69, 9.17) is 15.9 Å². The maximum atomic E-state index is 12.1. The van der Waals surface area contributed by atoms with Crippen molar-refractivity contribution in [3.63, 3.8) is 0 Å². The van der Waals surface area contributed by atoms with E-state index >= 15 is 0 Å². The number of nitrogens with two attached hydrogens (primary N) is 1. The zero-order valence-electron chi connectivity index (χ0n) is 11.0. The molecule has 0 saturated heterocycles. The first-order chi connectivity index (χ1) is 9.27. The summed E-state index contributed by atoms with van der Waals surface area (Å²) < 4.78 is 26.5. The zero-order valence-corrected chi connectivity index (χ0v) is 11.9. The van der Waals surface area contributed by atoms with Crippen LogP contribution in [0.15, 0.2) is 23.1 Å². The van der Waals surface area contributed by atoms with E-state index in [1.165, 1.54) is 6.07 Å². The molecule has 0 bridgehead atoms. The number of anilines is 1. The van der Waals surface area contributed by atoms with Crippen molar-refractivity contribution < 1.29 is 23.4 Å².